The molecular weight excluding hydrogens is 588 g/mol. The SMILES string of the molecule is Cc1ccc(N2CC[C@]3(CCN(CC(=O)N4CC=C(c5ccc(-c6ncn(C)n6)s5)CC4)C3)C2=O)nc1C(=N)C1CCOCC1. The average molecular weight is 629 g/mol. The van der Waals surface area contributed by atoms with Crippen LogP contribution in [0.15, 0.2) is 36.7 Å². The maximum atomic E-state index is 13.9. The molecule has 4 aliphatic rings. The Labute approximate surface area is 267 Å². The van der Waals surface area contributed by atoms with Crippen LogP contribution in [0.5, 0.6) is 0 Å². The van der Waals surface area contributed by atoms with Crippen LogP contribution in [0, 0.1) is 23.7 Å². The Balaban J connectivity index is 0.953. The van der Waals surface area contributed by atoms with Crippen LogP contribution in [0.1, 0.15) is 48.2 Å². The van der Waals surface area contributed by atoms with Gasteiger partial charge in [0.25, 0.3) is 0 Å². The molecule has 45 heavy (non-hydrogen) atoms. The first-order valence-corrected chi connectivity index (χ1v) is 16.7. The van der Waals surface area contributed by atoms with Gasteiger partial charge in [-0.2, -0.15) is 5.10 Å². The zero-order chi connectivity index (χ0) is 31.1. The van der Waals surface area contributed by atoms with Crippen molar-refractivity contribution >= 4 is 40.3 Å². The van der Waals surface area contributed by atoms with Crippen molar-refractivity contribution in [3.8, 4) is 10.7 Å². The molecule has 4 aliphatic heterocycles. The molecular formula is C33H40N8O3S. The summed E-state index contributed by atoms with van der Waals surface area (Å²) in [5.41, 5.74) is 2.99. The average Bonchev–Trinajstić information content (AvgIpc) is 3.87. The fourth-order valence-corrected chi connectivity index (χ4v) is 8.14. The van der Waals surface area contributed by atoms with Gasteiger partial charge in [0, 0.05) is 57.2 Å². The number of amides is 2. The fourth-order valence-electron chi connectivity index (χ4n) is 7.13. The monoisotopic (exact) mass is 628 g/mol. The quantitative estimate of drug-likeness (QED) is 0.396. The van der Waals surface area contributed by atoms with Gasteiger partial charge in [0.15, 0.2) is 5.82 Å². The highest BCUT2D eigenvalue weighted by molar-refractivity contribution is 7.16. The maximum Gasteiger partial charge on any atom is 0.237 e. The molecule has 12 heteroatoms. The molecule has 3 fully saturated rings. The standard InChI is InChI=1S/C33H40N8O3S/c1-22-3-6-27(36-30(22)29(34)24-9-17-44-18-10-24)41-16-12-33(32(41)43)11-15-39(20-33)19-28(42)40-13-7-23(8-14-40)25-4-5-26(45-25)31-35-21-38(2)37-31/h3-7,21,24,34H,8-20H2,1-2H3/t33-/m0/s1. The third kappa shape index (κ3) is 5.86. The number of ether oxygens (including phenoxy) is 1. The zero-order valence-corrected chi connectivity index (χ0v) is 26.8. The highest BCUT2D eigenvalue weighted by Gasteiger charge is 2.51. The third-order valence-electron chi connectivity index (χ3n) is 9.85. The number of nitrogens with zero attached hydrogens (tertiary/aromatic N) is 7. The number of aromatic nitrogens is 4. The number of nitrogens with one attached hydrogen (secondary N) is 1. The number of carbonyl (C=O) groups excluding carboxylic acids is 2. The van der Waals surface area contributed by atoms with Crippen molar-refractivity contribution in [1.82, 2.24) is 29.5 Å². The van der Waals surface area contributed by atoms with Crippen molar-refractivity contribution in [1.29, 1.82) is 5.41 Å². The molecule has 11 nitrogen and oxygen atoms in total. The predicted octanol–water partition coefficient (Wildman–Crippen LogP) is 3.79. The minimum Gasteiger partial charge on any atom is -0.381 e. The molecule has 3 aromatic rings. The van der Waals surface area contributed by atoms with E-state index >= 15 is 0 Å². The molecule has 3 saturated heterocycles. The number of anilines is 1. The van der Waals surface area contributed by atoms with E-state index in [9.17, 15) is 9.59 Å². The summed E-state index contributed by atoms with van der Waals surface area (Å²) in [6.45, 7) is 6.90. The first-order valence-electron chi connectivity index (χ1n) is 15.9. The lowest BCUT2D eigenvalue weighted by Gasteiger charge is -2.29. The van der Waals surface area contributed by atoms with Crippen molar-refractivity contribution in [2.24, 2.45) is 18.4 Å². The van der Waals surface area contributed by atoms with Crippen molar-refractivity contribution in [2.75, 3.05) is 57.4 Å². The molecule has 0 aliphatic carbocycles. The molecule has 0 unspecified atom stereocenters. The van der Waals surface area contributed by atoms with Crippen LogP contribution in [0.4, 0.5) is 5.82 Å². The number of likely N-dealkylation sites (tertiary alicyclic amines) is 1. The van der Waals surface area contributed by atoms with Crippen LogP contribution in [0.2, 0.25) is 0 Å². The van der Waals surface area contributed by atoms with Crippen LogP contribution in [-0.2, 0) is 21.4 Å². The molecule has 236 valence electrons. The van der Waals surface area contributed by atoms with Gasteiger partial charge < -0.3 is 15.0 Å². The topological polar surface area (TPSA) is 121 Å². The minimum atomic E-state index is -0.477. The van der Waals surface area contributed by atoms with E-state index in [1.165, 1.54) is 10.5 Å². The largest absolute Gasteiger partial charge is 0.381 e. The fraction of sp³-hybridized carbons (Fsp3) is 0.515. The third-order valence-corrected chi connectivity index (χ3v) is 11.0. The van der Waals surface area contributed by atoms with Gasteiger partial charge in [-0.3, -0.25) is 24.1 Å². The van der Waals surface area contributed by atoms with Crippen molar-refractivity contribution in [2.45, 2.75) is 39.0 Å². The smallest absolute Gasteiger partial charge is 0.237 e. The molecule has 0 aromatic carbocycles. The van der Waals surface area contributed by atoms with Crippen molar-refractivity contribution < 1.29 is 14.3 Å². The Morgan fingerprint density at radius 3 is 2.67 bits per heavy atom. The highest BCUT2D eigenvalue weighted by atomic mass is 32.1. The summed E-state index contributed by atoms with van der Waals surface area (Å²) in [6.07, 6.45) is 7.86. The summed E-state index contributed by atoms with van der Waals surface area (Å²) >= 11 is 1.69. The van der Waals surface area contributed by atoms with Crippen molar-refractivity contribution in [3.05, 3.63) is 52.8 Å². The normalized spacial score (nSPS) is 22.9. The molecule has 3 aromatic heterocycles. The summed E-state index contributed by atoms with van der Waals surface area (Å²) in [5.74, 6) is 1.72. The Bertz CT molecular complexity index is 1660. The number of aryl methyl sites for hydroxylation is 2. The number of rotatable bonds is 7. The van der Waals surface area contributed by atoms with Crippen LogP contribution < -0.4 is 4.90 Å². The zero-order valence-electron chi connectivity index (χ0n) is 26.0. The van der Waals surface area contributed by atoms with E-state index < -0.39 is 5.41 Å². The van der Waals surface area contributed by atoms with Crippen LogP contribution >= 0.6 is 11.3 Å². The number of carbonyl (C=O) groups is 2. The lowest BCUT2D eigenvalue weighted by Crippen LogP contribution is -2.43. The van der Waals surface area contributed by atoms with Gasteiger partial charge in [-0.15, -0.1) is 11.3 Å². The lowest BCUT2D eigenvalue weighted by atomic mass is 9.85. The summed E-state index contributed by atoms with van der Waals surface area (Å²) in [6, 6.07) is 8.08. The van der Waals surface area contributed by atoms with E-state index in [4.69, 9.17) is 15.1 Å². The van der Waals surface area contributed by atoms with Crippen molar-refractivity contribution in [3.63, 3.8) is 0 Å². The van der Waals surface area contributed by atoms with E-state index in [1.54, 1.807) is 22.3 Å². The molecule has 1 spiro atoms. The van der Waals surface area contributed by atoms with E-state index in [0.29, 0.717) is 63.2 Å². The molecule has 0 saturated carbocycles. The molecule has 0 bridgehead atoms. The number of hydrogen-bond donors (Lipinski definition) is 1. The van der Waals surface area contributed by atoms with Gasteiger partial charge in [-0.1, -0.05) is 12.1 Å². The molecule has 7 rings (SSSR count). The van der Waals surface area contributed by atoms with Gasteiger partial charge in [0.2, 0.25) is 11.8 Å². The van der Waals surface area contributed by atoms with E-state index in [1.807, 2.05) is 35.9 Å². The van der Waals surface area contributed by atoms with Gasteiger partial charge >= 0.3 is 0 Å². The number of thiophene rings is 1. The summed E-state index contributed by atoms with van der Waals surface area (Å²) < 4.78 is 7.19. The molecule has 7 heterocycles. The van der Waals surface area contributed by atoms with Gasteiger partial charge in [-0.25, -0.2) is 9.97 Å². The Hall–Kier alpha value is -3.74. The first-order chi connectivity index (χ1) is 21.8. The molecule has 1 atom stereocenters. The highest BCUT2D eigenvalue weighted by Crippen LogP contribution is 2.42. The van der Waals surface area contributed by atoms with E-state index in [0.717, 1.165) is 54.9 Å². The Morgan fingerprint density at radius 1 is 1.11 bits per heavy atom. The first kappa shape index (κ1) is 29.9. The number of pyridine rings is 1. The second-order valence-corrected chi connectivity index (χ2v) is 13.9. The van der Waals surface area contributed by atoms with Crippen LogP contribution in [0.3, 0.4) is 0 Å². The second-order valence-electron chi connectivity index (χ2n) is 12.8. The lowest BCUT2D eigenvalue weighted by molar-refractivity contribution is -0.132. The van der Waals surface area contributed by atoms with Gasteiger partial charge in [-0.05, 0) is 74.9 Å². The van der Waals surface area contributed by atoms with Crippen LogP contribution in [0.25, 0.3) is 16.3 Å². The summed E-state index contributed by atoms with van der Waals surface area (Å²) in [7, 11) is 1.86. The van der Waals surface area contributed by atoms with Gasteiger partial charge in [0.1, 0.15) is 12.1 Å². The van der Waals surface area contributed by atoms with Crippen LogP contribution in [-0.4, -0.2) is 99.6 Å². The van der Waals surface area contributed by atoms with Gasteiger partial charge in [0.05, 0.1) is 28.2 Å². The summed E-state index contributed by atoms with van der Waals surface area (Å²) in [4.78, 5) is 44.6. The minimum absolute atomic E-state index is 0.0964. The molecule has 2 amide bonds. The second kappa shape index (κ2) is 12.2. The van der Waals surface area contributed by atoms with E-state index in [-0.39, 0.29) is 17.7 Å². The number of hydrogen-bond acceptors (Lipinski definition) is 9. The molecule has 1 N–H and O–H groups in total. The Morgan fingerprint density at radius 2 is 1.91 bits per heavy atom. The summed E-state index contributed by atoms with van der Waals surface area (Å²) in [5, 5.41) is 13.2. The maximum absolute atomic E-state index is 13.9. The van der Waals surface area contributed by atoms with E-state index in [2.05, 4.69) is 33.2 Å². The Kier molecular flexibility index (Phi) is 8.13. The molecule has 0 radical (unpaired) electrons. The predicted molar refractivity (Wildman–Crippen MR) is 173 cm³/mol.